The lowest BCUT2D eigenvalue weighted by Crippen LogP contribution is -2.55. The zero-order valence-electron chi connectivity index (χ0n) is 8.16. The van der Waals surface area contributed by atoms with E-state index in [9.17, 15) is 18.6 Å². The van der Waals surface area contributed by atoms with E-state index in [2.05, 4.69) is 0 Å². The summed E-state index contributed by atoms with van der Waals surface area (Å²) in [5.74, 6) is -0.525. The number of aliphatic hydroxyl groups is 2. The summed E-state index contributed by atoms with van der Waals surface area (Å²) in [6.45, 7) is 2.74. The van der Waals surface area contributed by atoms with Crippen LogP contribution in [0.15, 0.2) is 0 Å². The van der Waals surface area contributed by atoms with Crippen molar-refractivity contribution in [1.82, 2.24) is 4.90 Å². The van der Waals surface area contributed by atoms with Crippen LogP contribution < -0.4 is 10.9 Å². The lowest BCUT2D eigenvalue weighted by atomic mass is 10.4. The van der Waals surface area contributed by atoms with Gasteiger partial charge in [0, 0.05) is 0 Å². The molecule has 0 saturated carbocycles. The molecule has 0 radical (unpaired) electrons. The molecule has 0 aromatic rings. The predicted octanol–water partition coefficient (Wildman–Crippen LogP) is -2.46. The topological polar surface area (TPSA) is 130 Å². The van der Waals surface area contributed by atoms with Crippen molar-refractivity contribution in [2.24, 2.45) is 10.9 Å². The van der Waals surface area contributed by atoms with Crippen LogP contribution in [0.2, 0.25) is 0 Å². The van der Waals surface area contributed by atoms with Crippen LogP contribution in [0, 0.1) is 0 Å². The van der Waals surface area contributed by atoms with E-state index < -0.39 is 34.4 Å². The van der Waals surface area contributed by atoms with Gasteiger partial charge in [0.2, 0.25) is 10.0 Å². The fourth-order valence-electron chi connectivity index (χ4n) is 1.19. The second kappa shape index (κ2) is 5.01. The van der Waals surface area contributed by atoms with Gasteiger partial charge in [-0.3, -0.25) is 0 Å². The first-order valence-corrected chi connectivity index (χ1v) is 5.76. The molecular formula is C6H17N3O4S. The van der Waals surface area contributed by atoms with Crippen molar-refractivity contribution in [3.8, 4) is 0 Å². The molecule has 6 N–H and O–H groups in total. The molecule has 3 atom stereocenters. The minimum absolute atomic E-state index is 0.525. The van der Waals surface area contributed by atoms with Crippen LogP contribution >= 0.6 is 0 Å². The Morgan fingerprint density at radius 3 is 1.86 bits per heavy atom. The second-order valence-electron chi connectivity index (χ2n) is 3.11. The van der Waals surface area contributed by atoms with Crippen LogP contribution in [-0.4, -0.2) is 47.9 Å². The normalized spacial score (nSPS) is 19.4. The molecule has 7 nitrogen and oxygen atoms in total. The van der Waals surface area contributed by atoms with Crippen LogP contribution in [-0.2, 0) is 10.0 Å². The Bertz CT molecular complexity index is 256. The van der Waals surface area contributed by atoms with Crippen LogP contribution in [0.4, 0.5) is 0 Å². The van der Waals surface area contributed by atoms with Gasteiger partial charge in [-0.2, -0.15) is 0 Å². The minimum atomic E-state index is -3.72. The molecule has 0 aromatic heterocycles. The second-order valence-corrected chi connectivity index (χ2v) is 4.77. The predicted molar refractivity (Wildman–Crippen MR) is 51.2 cm³/mol. The summed E-state index contributed by atoms with van der Waals surface area (Å²) in [6.07, 6.45) is -3.14. The number of nitrogens with zero attached hydrogens (tertiary/aromatic N) is 1. The fraction of sp³-hybridized carbons (Fsp3) is 1.00. The van der Waals surface area contributed by atoms with E-state index in [0.29, 0.717) is 0 Å². The number of sulfonamides is 1. The van der Waals surface area contributed by atoms with Crippen molar-refractivity contribution in [2.75, 3.05) is 5.75 Å². The van der Waals surface area contributed by atoms with Crippen molar-refractivity contribution < 1.29 is 18.6 Å². The van der Waals surface area contributed by atoms with E-state index >= 15 is 0 Å². The Morgan fingerprint density at radius 1 is 1.29 bits per heavy atom. The van der Waals surface area contributed by atoms with Crippen LogP contribution in [0.5, 0.6) is 0 Å². The molecule has 0 aliphatic rings. The number of hydrogen-bond acceptors (Lipinski definition) is 6. The van der Waals surface area contributed by atoms with E-state index in [-0.39, 0.29) is 0 Å². The SMILES string of the molecule is CC(O)N(C(C)O)C(N)CS(N)(=O)=O. The lowest BCUT2D eigenvalue weighted by Gasteiger charge is -2.32. The molecule has 0 spiro atoms. The van der Waals surface area contributed by atoms with Gasteiger partial charge < -0.3 is 15.9 Å². The summed E-state index contributed by atoms with van der Waals surface area (Å²) in [7, 11) is -3.72. The standard InChI is InChI=1S/C6H17N3O4S/c1-4(10)9(5(2)11)6(7)3-14(8,12)13/h4-6,10-11H,3,7H2,1-2H3,(H2,8,12,13). The average molecular weight is 227 g/mol. The van der Waals surface area contributed by atoms with Gasteiger partial charge in [-0.1, -0.05) is 0 Å². The molecule has 0 aliphatic carbocycles. The van der Waals surface area contributed by atoms with Gasteiger partial charge in [-0.05, 0) is 13.8 Å². The maximum absolute atomic E-state index is 10.7. The molecule has 0 bridgehead atoms. The molecule has 0 fully saturated rings. The first-order chi connectivity index (χ1) is 6.15. The first kappa shape index (κ1) is 13.8. The van der Waals surface area contributed by atoms with E-state index in [4.69, 9.17) is 10.9 Å². The molecule has 3 unspecified atom stereocenters. The highest BCUT2D eigenvalue weighted by Gasteiger charge is 2.25. The Balaban J connectivity index is 4.53. The molecule has 0 aromatic carbocycles. The van der Waals surface area contributed by atoms with E-state index in [0.717, 1.165) is 4.90 Å². The Hall–Kier alpha value is -0.250. The first-order valence-electron chi connectivity index (χ1n) is 4.04. The van der Waals surface area contributed by atoms with Crippen LogP contribution in [0.3, 0.4) is 0 Å². The summed E-state index contributed by atoms with van der Waals surface area (Å²) in [5.41, 5.74) is 5.45. The minimum Gasteiger partial charge on any atom is -0.379 e. The number of nitrogens with two attached hydrogens (primary N) is 2. The summed E-state index contributed by atoms with van der Waals surface area (Å²) in [6, 6.07) is 0. The highest BCUT2D eigenvalue weighted by Crippen LogP contribution is 2.05. The fourth-order valence-corrected chi connectivity index (χ4v) is 1.84. The van der Waals surface area contributed by atoms with Gasteiger partial charge in [-0.25, -0.2) is 18.5 Å². The summed E-state index contributed by atoms with van der Waals surface area (Å²) < 4.78 is 21.4. The average Bonchev–Trinajstić information content (AvgIpc) is 1.78. The van der Waals surface area contributed by atoms with Gasteiger partial charge in [0.05, 0.1) is 11.9 Å². The van der Waals surface area contributed by atoms with Crippen molar-refractivity contribution in [3.05, 3.63) is 0 Å². The molecule has 0 aliphatic heterocycles. The Labute approximate surface area is 83.4 Å². The van der Waals surface area contributed by atoms with E-state index in [1.807, 2.05) is 0 Å². The lowest BCUT2D eigenvalue weighted by molar-refractivity contribution is -0.103. The van der Waals surface area contributed by atoms with Gasteiger partial charge in [0.1, 0.15) is 12.5 Å². The molecule has 0 amide bonds. The molecular weight excluding hydrogens is 210 g/mol. The third kappa shape index (κ3) is 4.84. The summed E-state index contributed by atoms with van der Waals surface area (Å²) in [4.78, 5) is 1.03. The number of primary sulfonamides is 1. The highest BCUT2D eigenvalue weighted by molar-refractivity contribution is 7.89. The summed E-state index contributed by atoms with van der Waals surface area (Å²) >= 11 is 0. The largest absolute Gasteiger partial charge is 0.379 e. The third-order valence-electron chi connectivity index (χ3n) is 1.65. The zero-order valence-corrected chi connectivity index (χ0v) is 8.98. The highest BCUT2D eigenvalue weighted by atomic mass is 32.2. The maximum atomic E-state index is 10.7. The van der Waals surface area contributed by atoms with Gasteiger partial charge in [-0.15, -0.1) is 0 Å². The van der Waals surface area contributed by atoms with Gasteiger partial charge in [0.25, 0.3) is 0 Å². The summed E-state index contributed by atoms with van der Waals surface area (Å²) in [5, 5.41) is 23.2. The van der Waals surface area contributed by atoms with Gasteiger partial charge in [0.15, 0.2) is 0 Å². The smallest absolute Gasteiger partial charge is 0.211 e. The Kier molecular flexibility index (Phi) is 4.92. The van der Waals surface area contributed by atoms with Crippen molar-refractivity contribution in [1.29, 1.82) is 0 Å². The number of aliphatic hydroxyl groups excluding tert-OH is 2. The van der Waals surface area contributed by atoms with Crippen molar-refractivity contribution in [2.45, 2.75) is 32.5 Å². The zero-order chi connectivity index (χ0) is 11.5. The third-order valence-corrected chi connectivity index (χ3v) is 2.46. The van der Waals surface area contributed by atoms with Gasteiger partial charge >= 0.3 is 0 Å². The molecule has 86 valence electrons. The number of hydrogen-bond donors (Lipinski definition) is 4. The molecule has 14 heavy (non-hydrogen) atoms. The molecule has 0 heterocycles. The van der Waals surface area contributed by atoms with E-state index in [1.165, 1.54) is 13.8 Å². The van der Waals surface area contributed by atoms with Crippen molar-refractivity contribution in [3.63, 3.8) is 0 Å². The van der Waals surface area contributed by atoms with E-state index in [1.54, 1.807) is 0 Å². The van der Waals surface area contributed by atoms with Crippen LogP contribution in [0.25, 0.3) is 0 Å². The monoisotopic (exact) mass is 227 g/mol. The quantitative estimate of drug-likeness (QED) is 0.385. The molecule has 0 saturated heterocycles. The maximum Gasteiger partial charge on any atom is 0.211 e. The number of rotatable bonds is 5. The Morgan fingerprint density at radius 2 is 1.64 bits per heavy atom. The molecule has 0 rings (SSSR count). The molecule has 8 heteroatoms. The van der Waals surface area contributed by atoms with Crippen molar-refractivity contribution >= 4 is 10.0 Å². The van der Waals surface area contributed by atoms with Crippen LogP contribution in [0.1, 0.15) is 13.8 Å².